The van der Waals surface area contributed by atoms with E-state index in [0.29, 0.717) is 5.75 Å². The van der Waals surface area contributed by atoms with E-state index in [4.69, 9.17) is 4.74 Å². The molecule has 1 amide bonds. The summed E-state index contributed by atoms with van der Waals surface area (Å²) >= 11 is 3.15. The number of aromatic nitrogens is 2. The van der Waals surface area contributed by atoms with E-state index < -0.39 is 0 Å². The molecule has 2 aromatic heterocycles. The highest BCUT2D eigenvalue weighted by molar-refractivity contribution is 8.00. The molecule has 148 valence electrons. The van der Waals surface area contributed by atoms with Crippen molar-refractivity contribution in [3.05, 3.63) is 46.6 Å². The molecule has 5 nitrogen and oxygen atoms in total. The topological polar surface area (TPSA) is 64.1 Å². The summed E-state index contributed by atoms with van der Waals surface area (Å²) in [5, 5.41) is 5.05. The van der Waals surface area contributed by atoms with Crippen LogP contribution in [0.5, 0.6) is 5.75 Å². The van der Waals surface area contributed by atoms with Crippen molar-refractivity contribution in [1.82, 2.24) is 15.3 Å². The average molecular weight is 416 g/mol. The highest BCUT2D eigenvalue weighted by atomic mass is 32.2. The van der Waals surface area contributed by atoms with Crippen molar-refractivity contribution in [2.75, 3.05) is 12.9 Å². The molecule has 0 fully saturated rings. The minimum atomic E-state index is 0.0311. The number of carbonyl (C=O) groups excluding carboxylic acids is 1. The average Bonchev–Trinajstić information content (AvgIpc) is 2.99. The molecule has 1 aromatic carbocycles. The molecule has 28 heavy (non-hydrogen) atoms. The SMILES string of the molecule is COc1ccc(CCC(C)NC(=O)CSc2ncnc3sc(C)c(C)c23)cc1. The molecule has 0 aliphatic rings. The minimum Gasteiger partial charge on any atom is -0.497 e. The van der Waals surface area contributed by atoms with E-state index in [-0.39, 0.29) is 11.9 Å². The number of methoxy groups -OCH3 is 1. The Hall–Kier alpha value is -2.12. The monoisotopic (exact) mass is 415 g/mol. The van der Waals surface area contributed by atoms with E-state index >= 15 is 0 Å². The van der Waals surface area contributed by atoms with Crippen LogP contribution in [0.4, 0.5) is 0 Å². The predicted molar refractivity (Wildman–Crippen MR) is 117 cm³/mol. The van der Waals surface area contributed by atoms with Gasteiger partial charge in [-0.15, -0.1) is 11.3 Å². The molecule has 3 aromatic rings. The highest BCUT2D eigenvalue weighted by Crippen LogP contribution is 2.34. The fourth-order valence-corrected chi connectivity index (χ4v) is 4.89. The van der Waals surface area contributed by atoms with Gasteiger partial charge in [0.2, 0.25) is 5.91 Å². The van der Waals surface area contributed by atoms with Gasteiger partial charge in [0, 0.05) is 16.3 Å². The number of thiophene rings is 1. The van der Waals surface area contributed by atoms with Gasteiger partial charge in [-0.05, 0) is 56.9 Å². The van der Waals surface area contributed by atoms with Crippen LogP contribution in [0.3, 0.4) is 0 Å². The lowest BCUT2D eigenvalue weighted by molar-refractivity contribution is -0.119. The number of benzene rings is 1. The van der Waals surface area contributed by atoms with Gasteiger partial charge in [-0.2, -0.15) is 0 Å². The summed E-state index contributed by atoms with van der Waals surface area (Å²) in [7, 11) is 1.66. The van der Waals surface area contributed by atoms with Crippen molar-refractivity contribution in [3.8, 4) is 5.75 Å². The van der Waals surface area contributed by atoms with Crippen LogP contribution >= 0.6 is 23.1 Å². The second kappa shape index (κ2) is 9.39. The maximum absolute atomic E-state index is 12.4. The summed E-state index contributed by atoms with van der Waals surface area (Å²) in [5.74, 6) is 1.24. The largest absolute Gasteiger partial charge is 0.497 e. The van der Waals surface area contributed by atoms with Crippen molar-refractivity contribution in [3.63, 3.8) is 0 Å². The predicted octanol–water partition coefficient (Wildman–Crippen LogP) is 4.55. The van der Waals surface area contributed by atoms with Crippen molar-refractivity contribution in [2.45, 2.75) is 44.7 Å². The smallest absolute Gasteiger partial charge is 0.230 e. The Labute approximate surface area is 173 Å². The molecule has 1 unspecified atom stereocenters. The van der Waals surface area contributed by atoms with E-state index in [2.05, 4.69) is 41.3 Å². The number of thioether (sulfide) groups is 1. The van der Waals surface area contributed by atoms with Crippen LogP contribution < -0.4 is 10.1 Å². The number of aryl methyl sites for hydroxylation is 3. The molecule has 0 bridgehead atoms. The molecule has 2 heterocycles. The Morgan fingerprint density at radius 3 is 2.71 bits per heavy atom. The first kappa shape index (κ1) is 20.6. The molecule has 0 aliphatic heterocycles. The van der Waals surface area contributed by atoms with Gasteiger partial charge in [-0.1, -0.05) is 23.9 Å². The summed E-state index contributed by atoms with van der Waals surface area (Å²) < 4.78 is 5.18. The van der Waals surface area contributed by atoms with E-state index in [0.717, 1.165) is 33.8 Å². The molecule has 0 aliphatic carbocycles. The van der Waals surface area contributed by atoms with Gasteiger partial charge in [0.15, 0.2) is 0 Å². The zero-order valence-electron chi connectivity index (χ0n) is 16.6. The first-order chi connectivity index (χ1) is 13.5. The molecular weight excluding hydrogens is 390 g/mol. The van der Waals surface area contributed by atoms with Crippen LogP contribution in [0.1, 0.15) is 29.3 Å². The number of fused-ring (bicyclic) bond motifs is 1. The lowest BCUT2D eigenvalue weighted by atomic mass is 10.1. The second-order valence-corrected chi connectivity index (χ2v) is 8.95. The molecule has 0 saturated carbocycles. The molecular formula is C21H25N3O2S2. The molecule has 3 rings (SSSR count). The number of nitrogens with zero attached hydrogens (tertiary/aromatic N) is 2. The number of nitrogens with one attached hydrogen (secondary N) is 1. The zero-order chi connectivity index (χ0) is 20.1. The molecule has 0 spiro atoms. The Bertz CT molecular complexity index is 954. The minimum absolute atomic E-state index is 0.0311. The third-order valence-corrected chi connectivity index (χ3v) is 6.81. The van der Waals surface area contributed by atoms with Crippen LogP contribution in [0.2, 0.25) is 0 Å². The number of rotatable bonds is 8. The Balaban J connectivity index is 1.50. The lowest BCUT2D eigenvalue weighted by Crippen LogP contribution is -2.34. The van der Waals surface area contributed by atoms with Gasteiger partial charge in [0.1, 0.15) is 21.9 Å². The highest BCUT2D eigenvalue weighted by Gasteiger charge is 2.14. The van der Waals surface area contributed by atoms with E-state index in [1.165, 1.54) is 27.8 Å². The number of hydrogen-bond acceptors (Lipinski definition) is 6. The second-order valence-electron chi connectivity index (χ2n) is 6.79. The zero-order valence-corrected chi connectivity index (χ0v) is 18.2. The van der Waals surface area contributed by atoms with Gasteiger partial charge in [0.05, 0.1) is 12.9 Å². The first-order valence-corrected chi connectivity index (χ1v) is 11.0. The molecule has 1 atom stereocenters. The van der Waals surface area contributed by atoms with Gasteiger partial charge in [0.25, 0.3) is 0 Å². The van der Waals surface area contributed by atoms with Gasteiger partial charge in [-0.25, -0.2) is 9.97 Å². The van der Waals surface area contributed by atoms with Gasteiger partial charge >= 0.3 is 0 Å². The van der Waals surface area contributed by atoms with E-state index in [9.17, 15) is 4.79 Å². The number of hydrogen-bond donors (Lipinski definition) is 1. The Kier molecular flexibility index (Phi) is 6.91. The summed E-state index contributed by atoms with van der Waals surface area (Å²) in [6.45, 7) is 6.22. The number of ether oxygens (including phenoxy) is 1. The standard InChI is InChI=1S/C21H25N3O2S2/c1-13(5-6-16-7-9-17(26-4)10-8-16)24-18(25)11-27-20-19-14(2)15(3)28-21(19)23-12-22-20/h7-10,12-13H,5-6,11H2,1-4H3,(H,24,25). The maximum atomic E-state index is 12.4. The normalized spacial score (nSPS) is 12.1. The van der Waals surface area contributed by atoms with Crippen LogP contribution in [0.25, 0.3) is 10.2 Å². The summed E-state index contributed by atoms with van der Waals surface area (Å²) in [4.78, 5) is 23.3. The fraction of sp³-hybridized carbons (Fsp3) is 0.381. The summed E-state index contributed by atoms with van der Waals surface area (Å²) in [6, 6.07) is 8.17. The molecule has 7 heteroatoms. The Morgan fingerprint density at radius 1 is 1.25 bits per heavy atom. The molecule has 0 radical (unpaired) electrons. The van der Waals surface area contributed by atoms with Crippen molar-refractivity contribution in [1.29, 1.82) is 0 Å². The van der Waals surface area contributed by atoms with Crippen LogP contribution in [0, 0.1) is 13.8 Å². The van der Waals surface area contributed by atoms with Gasteiger partial charge < -0.3 is 10.1 Å². The summed E-state index contributed by atoms with van der Waals surface area (Å²) in [5.41, 5.74) is 2.44. The lowest BCUT2D eigenvalue weighted by Gasteiger charge is -2.14. The third kappa shape index (κ3) is 5.02. The fourth-order valence-electron chi connectivity index (χ4n) is 2.96. The Morgan fingerprint density at radius 2 is 2.00 bits per heavy atom. The summed E-state index contributed by atoms with van der Waals surface area (Å²) in [6.07, 6.45) is 3.39. The van der Waals surface area contributed by atoms with E-state index in [1.807, 2.05) is 19.1 Å². The molecule has 1 N–H and O–H groups in total. The van der Waals surface area contributed by atoms with Crippen LogP contribution in [-0.2, 0) is 11.2 Å². The molecule has 0 saturated heterocycles. The van der Waals surface area contributed by atoms with Crippen LogP contribution in [0.15, 0.2) is 35.6 Å². The van der Waals surface area contributed by atoms with Crippen molar-refractivity contribution >= 4 is 39.2 Å². The van der Waals surface area contributed by atoms with Crippen LogP contribution in [-0.4, -0.2) is 34.8 Å². The third-order valence-electron chi connectivity index (χ3n) is 4.70. The maximum Gasteiger partial charge on any atom is 0.230 e. The quantitative estimate of drug-likeness (QED) is 0.432. The van der Waals surface area contributed by atoms with Gasteiger partial charge in [-0.3, -0.25) is 4.79 Å². The van der Waals surface area contributed by atoms with Crippen molar-refractivity contribution in [2.24, 2.45) is 0 Å². The number of amides is 1. The number of carbonyl (C=O) groups is 1. The van der Waals surface area contributed by atoms with E-state index in [1.54, 1.807) is 24.8 Å². The first-order valence-electron chi connectivity index (χ1n) is 9.23. The van der Waals surface area contributed by atoms with Crippen molar-refractivity contribution < 1.29 is 9.53 Å².